The molecule has 134 valence electrons. The Kier molecular flexibility index (Phi) is 5.85. The van der Waals surface area contributed by atoms with Gasteiger partial charge >= 0.3 is 0 Å². The Morgan fingerprint density at radius 2 is 1.85 bits per heavy atom. The van der Waals surface area contributed by atoms with Crippen molar-refractivity contribution in [2.45, 2.75) is 26.2 Å². The highest BCUT2D eigenvalue weighted by Gasteiger charge is 2.09. The second-order valence-corrected chi connectivity index (χ2v) is 7.32. The third-order valence-corrected chi connectivity index (χ3v) is 4.86. The first-order chi connectivity index (χ1) is 12.5. The van der Waals surface area contributed by atoms with Gasteiger partial charge in [-0.25, -0.2) is 4.98 Å². The summed E-state index contributed by atoms with van der Waals surface area (Å²) in [6.45, 7) is 1.96. The summed E-state index contributed by atoms with van der Waals surface area (Å²) in [6.07, 6.45) is 1.54. The van der Waals surface area contributed by atoms with Gasteiger partial charge in [-0.15, -0.1) is 0 Å². The third-order valence-electron chi connectivity index (χ3n) is 3.67. The molecule has 0 aliphatic heterocycles. The number of hydrogen-bond acceptors (Lipinski definition) is 4. The molecule has 26 heavy (non-hydrogen) atoms. The smallest absolute Gasteiger partial charge is 0.228 e. The number of aromatic nitrogens is 1. The summed E-state index contributed by atoms with van der Waals surface area (Å²) in [7, 11) is 0. The van der Waals surface area contributed by atoms with Gasteiger partial charge in [0.05, 0.1) is 16.6 Å². The van der Waals surface area contributed by atoms with Crippen LogP contribution in [0.25, 0.3) is 10.2 Å². The molecule has 2 amide bonds. The highest BCUT2D eigenvalue weighted by Crippen LogP contribution is 2.28. The quantitative estimate of drug-likeness (QED) is 0.633. The normalized spacial score (nSPS) is 10.7. The molecule has 0 atom stereocenters. The number of fused-ring (bicyclic) bond motifs is 1. The van der Waals surface area contributed by atoms with E-state index in [9.17, 15) is 9.59 Å². The van der Waals surface area contributed by atoms with E-state index in [0.29, 0.717) is 22.3 Å². The molecule has 0 spiro atoms. The van der Waals surface area contributed by atoms with Crippen molar-refractivity contribution in [3.05, 3.63) is 53.1 Å². The largest absolute Gasteiger partial charge is 0.326 e. The van der Waals surface area contributed by atoms with Gasteiger partial charge in [-0.1, -0.05) is 42.0 Å². The van der Waals surface area contributed by atoms with Crippen LogP contribution < -0.4 is 10.6 Å². The van der Waals surface area contributed by atoms with Crippen molar-refractivity contribution in [1.82, 2.24) is 4.98 Å². The lowest BCUT2D eigenvalue weighted by atomic mass is 10.1. The maximum atomic E-state index is 12.2. The maximum absolute atomic E-state index is 12.2. The maximum Gasteiger partial charge on any atom is 0.228 e. The zero-order chi connectivity index (χ0) is 18.5. The van der Waals surface area contributed by atoms with Crippen LogP contribution in [0.5, 0.6) is 0 Å². The molecule has 0 fully saturated rings. The second-order valence-electron chi connectivity index (χ2n) is 5.85. The van der Waals surface area contributed by atoms with Crippen LogP contribution in [0.1, 0.15) is 25.3 Å². The van der Waals surface area contributed by atoms with Gasteiger partial charge in [0.2, 0.25) is 11.8 Å². The Hall–Kier alpha value is -2.44. The van der Waals surface area contributed by atoms with Crippen molar-refractivity contribution in [3.63, 3.8) is 0 Å². The van der Waals surface area contributed by atoms with Gasteiger partial charge in [-0.2, -0.15) is 0 Å². The predicted molar refractivity (Wildman–Crippen MR) is 107 cm³/mol. The van der Waals surface area contributed by atoms with E-state index in [0.717, 1.165) is 22.2 Å². The number of anilines is 2. The minimum absolute atomic E-state index is 0.0388. The number of amides is 2. The van der Waals surface area contributed by atoms with Crippen molar-refractivity contribution in [2.24, 2.45) is 0 Å². The molecule has 3 rings (SSSR count). The van der Waals surface area contributed by atoms with Gasteiger partial charge < -0.3 is 10.6 Å². The zero-order valence-corrected chi connectivity index (χ0v) is 15.8. The molecule has 1 aromatic heterocycles. The van der Waals surface area contributed by atoms with Crippen LogP contribution in [0, 0.1) is 0 Å². The molecule has 0 saturated carbocycles. The first kappa shape index (κ1) is 18.4. The molecule has 0 unspecified atom stereocenters. The molecule has 7 heteroatoms. The van der Waals surface area contributed by atoms with Crippen LogP contribution in [0.2, 0.25) is 5.02 Å². The predicted octanol–water partition coefficient (Wildman–Crippen LogP) is 4.87. The van der Waals surface area contributed by atoms with E-state index in [1.807, 2.05) is 31.2 Å². The monoisotopic (exact) mass is 387 g/mol. The minimum Gasteiger partial charge on any atom is -0.326 e. The van der Waals surface area contributed by atoms with Crippen LogP contribution in [0.4, 0.5) is 10.8 Å². The van der Waals surface area contributed by atoms with Gasteiger partial charge in [0.1, 0.15) is 0 Å². The average molecular weight is 388 g/mol. The van der Waals surface area contributed by atoms with E-state index in [1.54, 1.807) is 18.2 Å². The van der Waals surface area contributed by atoms with Crippen molar-refractivity contribution < 1.29 is 9.59 Å². The summed E-state index contributed by atoms with van der Waals surface area (Å²) in [6, 6.07) is 12.7. The van der Waals surface area contributed by atoms with Gasteiger partial charge in [0.15, 0.2) is 5.13 Å². The summed E-state index contributed by atoms with van der Waals surface area (Å²) < 4.78 is 0.904. The van der Waals surface area contributed by atoms with Gasteiger partial charge in [-0.3, -0.25) is 9.59 Å². The number of nitrogens with one attached hydrogen (secondary N) is 2. The summed E-state index contributed by atoms with van der Waals surface area (Å²) in [4.78, 5) is 28.3. The second kappa shape index (κ2) is 8.29. The lowest BCUT2D eigenvalue weighted by molar-refractivity contribution is -0.116. The summed E-state index contributed by atoms with van der Waals surface area (Å²) in [5.41, 5.74) is 2.38. The van der Waals surface area contributed by atoms with Crippen LogP contribution in [-0.2, 0) is 16.0 Å². The molecule has 0 bridgehead atoms. The Morgan fingerprint density at radius 3 is 2.58 bits per heavy atom. The van der Waals surface area contributed by atoms with Crippen molar-refractivity contribution >= 4 is 55.8 Å². The number of carbonyl (C=O) groups excluding carboxylic acids is 2. The van der Waals surface area contributed by atoms with Gasteiger partial charge in [0, 0.05) is 17.1 Å². The summed E-state index contributed by atoms with van der Waals surface area (Å²) >= 11 is 7.24. The average Bonchev–Trinajstić information content (AvgIpc) is 2.98. The molecule has 5 nitrogen and oxygen atoms in total. The van der Waals surface area contributed by atoms with Crippen LogP contribution in [0.15, 0.2) is 42.5 Å². The van der Waals surface area contributed by atoms with E-state index in [1.165, 1.54) is 11.3 Å². The standard InChI is InChI=1S/C19H18ClN3O2S/c1-2-3-17(24)23-19-22-15-9-8-14(11-16(15)26-19)21-18(25)10-12-4-6-13(20)7-5-12/h4-9,11H,2-3,10H2,1H3,(H,21,25)(H,22,23,24). The fourth-order valence-electron chi connectivity index (χ4n) is 2.46. The van der Waals surface area contributed by atoms with E-state index >= 15 is 0 Å². The number of benzene rings is 2. The lowest BCUT2D eigenvalue weighted by Crippen LogP contribution is -2.14. The molecule has 2 N–H and O–H groups in total. The van der Waals surface area contributed by atoms with Crippen LogP contribution in [0.3, 0.4) is 0 Å². The van der Waals surface area contributed by atoms with Crippen LogP contribution in [-0.4, -0.2) is 16.8 Å². The number of hydrogen-bond donors (Lipinski definition) is 2. The fraction of sp³-hybridized carbons (Fsp3) is 0.211. The van der Waals surface area contributed by atoms with E-state index < -0.39 is 0 Å². The molecule has 0 radical (unpaired) electrons. The summed E-state index contributed by atoms with van der Waals surface area (Å²) in [5, 5.41) is 6.90. The number of carbonyl (C=O) groups is 2. The topological polar surface area (TPSA) is 71.1 Å². The molecule has 1 heterocycles. The highest BCUT2D eigenvalue weighted by atomic mass is 35.5. The van der Waals surface area contributed by atoms with E-state index in [4.69, 9.17) is 11.6 Å². The molecule has 0 aliphatic carbocycles. The highest BCUT2D eigenvalue weighted by molar-refractivity contribution is 7.22. The fourth-order valence-corrected chi connectivity index (χ4v) is 3.50. The molecular formula is C19H18ClN3O2S. The lowest BCUT2D eigenvalue weighted by Gasteiger charge is -2.05. The minimum atomic E-state index is -0.104. The molecular weight excluding hydrogens is 370 g/mol. The molecule has 0 saturated heterocycles. The van der Waals surface area contributed by atoms with Gasteiger partial charge in [0.25, 0.3) is 0 Å². The zero-order valence-electron chi connectivity index (χ0n) is 14.2. The number of nitrogens with zero attached hydrogens (tertiary/aromatic N) is 1. The Bertz CT molecular complexity index is 938. The third kappa shape index (κ3) is 4.80. The Balaban J connectivity index is 1.67. The molecule has 3 aromatic rings. The summed E-state index contributed by atoms with van der Waals surface area (Å²) in [5.74, 6) is -0.143. The van der Waals surface area contributed by atoms with E-state index in [-0.39, 0.29) is 18.2 Å². The first-order valence-corrected chi connectivity index (χ1v) is 9.47. The molecule has 0 aliphatic rings. The van der Waals surface area contributed by atoms with Crippen molar-refractivity contribution in [1.29, 1.82) is 0 Å². The van der Waals surface area contributed by atoms with E-state index in [2.05, 4.69) is 15.6 Å². The number of rotatable bonds is 6. The first-order valence-electron chi connectivity index (χ1n) is 8.28. The number of halogens is 1. The Morgan fingerprint density at radius 1 is 1.08 bits per heavy atom. The van der Waals surface area contributed by atoms with Crippen molar-refractivity contribution in [3.8, 4) is 0 Å². The SMILES string of the molecule is CCCC(=O)Nc1nc2ccc(NC(=O)Cc3ccc(Cl)cc3)cc2s1. The van der Waals surface area contributed by atoms with Gasteiger partial charge in [-0.05, 0) is 42.3 Å². The van der Waals surface area contributed by atoms with Crippen molar-refractivity contribution in [2.75, 3.05) is 10.6 Å². The number of thiazole rings is 1. The molecule has 2 aromatic carbocycles. The Labute approximate surface area is 160 Å². The van der Waals surface area contributed by atoms with Crippen LogP contribution >= 0.6 is 22.9 Å².